The third-order valence-electron chi connectivity index (χ3n) is 1.89. The Bertz CT molecular complexity index is 404. The highest BCUT2D eigenvalue weighted by atomic mass is 79.9. The highest BCUT2D eigenvalue weighted by molar-refractivity contribution is 9.09. The number of carbonyl (C=O) groups is 2. The Morgan fingerprint density at radius 3 is 2.73 bits per heavy atom. The van der Waals surface area contributed by atoms with Crippen molar-refractivity contribution in [3.8, 4) is 5.75 Å². The van der Waals surface area contributed by atoms with Crippen molar-refractivity contribution in [3.63, 3.8) is 0 Å². The molecule has 0 amide bonds. The van der Waals surface area contributed by atoms with E-state index >= 15 is 0 Å². The van der Waals surface area contributed by atoms with E-state index in [9.17, 15) is 14.0 Å². The quantitative estimate of drug-likeness (QED) is 0.480. The van der Waals surface area contributed by atoms with E-state index in [0.717, 1.165) is 6.07 Å². The van der Waals surface area contributed by atoms with Crippen LogP contribution in [0.25, 0.3) is 0 Å². The molecule has 80 valence electrons. The Morgan fingerprint density at radius 2 is 2.27 bits per heavy atom. The standard InChI is InChI=1S/C10H8BrFO3/c1-15-9-3-2-7(12)6(5-13)10(9)8(14)4-11/h2-3,5H,4H2,1H3. The molecule has 0 aliphatic heterocycles. The summed E-state index contributed by atoms with van der Waals surface area (Å²) >= 11 is 2.96. The summed E-state index contributed by atoms with van der Waals surface area (Å²) in [6.07, 6.45) is 0.313. The molecule has 0 unspecified atom stereocenters. The fourth-order valence-corrected chi connectivity index (χ4v) is 1.49. The van der Waals surface area contributed by atoms with E-state index in [-0.39, 0.29) is 22.2 Å². The average Bonchev–Trinajstić information content (AvgIpc) is 2.27. The maximum Gasteiger partial charge on any atom is 0.177 e. The molecule has 0 saturated carbocycles. The number of benzene rings is 1. The van der Waals surface area contributed by atoms with E-state index in [1.807, 2.05) is 0 Å². The number of ketones is 1. The van der Waals surface area contributed by atoms with Gasteiger partial charge in [0.1, 0.15) is 11.6 Å². The summed E-state index contributed by atoms with van der Waals surface area (Å²) in [5.41, 5.74) is -0.289. The largest absolute Gasteiger partial charge is 0.496 e. The van der Waals surface area contributed by atoms with Crippen LogP contribution in [-0.2, 0) is 0 Å². The zero-order chi connectivity index (χ0) is 11.4. The molecule has 0 atom stereocenters. The minimum Gasteiger partial charge on any atom is -0.496 e. The summed E-state index contributed by atoms with van der Waals surface area (Å²) in [7, 11) is 1.35. The van der Waals surface area contributed by atoms with Crippen LogP contribution >= 0.6 is 15.9 Å². The first-order chi connectivity index (χ1) is 7.15. The molecule has 1 aromatic rings. The van der Waals surface area contributed by atoms with E-state index in [1.54, 1.807) is 0 Å². The Morgan fingerprint density at radius 1 is 1.60 bits per heavy atom. The van der Waals surface area contributed by atoms with Gasteiger partial charge in [-0.25, -0.2) is 4.39 Å². The van der Waals surface area contributed by atoms with Crippen LogP contribution in [0.15, 0.2) is 12.1 Å². The highest BCUT2D eigenvalue weighted by Crippen LogP contribution is 2.24. The van der Waals surface area contributed by atoms with Crippen LogP contribution in [0.1, 0.15) is 20.7 Å². The number of halogens is 2. The summed E-state index contributed by atoms with van der Waals surface area (Å²) in [5, 5.41) is 0.00759. The summed E-state index contributed by atoms with van der Waals surface area (Å²) in [6.45, 7) is 0. The molecule has 3 nitrogen and oxygen atoms in total. The molecule has 1 aromatic carbocycles. The maximum absolute atomic E-state index is 13.2. The molecule has 0 heterocycles. The van der Waals surface area contributed by atoms with Gasteiger partial charge in [-0.3, -0.25) is 9.59 Å². The number of ether oxygens (including phenoxy) is 1. The number of hydrogen-bond acceptors (Lipinski definition) is 3. The molecule has 0 aliphatic carbocycles. The van der Waals surface area contributed by atoms with Crippen molar-refractivity contribution >= 4 is 28.0 Å². The lowest BCUT2D eigenvalue weighted by molar-refractivity contribution is 0.101. The molecule has 0 aliphatic rings. The van der Waals surface area contributed by atoms with Gasteiger partial charge in [-0.2, -0.15) is 0 Å². The summed E-state index contributed by atoms with van der Waals surface area (Å²) in [4.78, 5) is 22.1. The summed E-state index contributed by atoms with van der Waals surface area (Å²) in [6, 6.07) is 2.41. The number of rotatable bonds is 4. The van der Waals surface area contributed by atoms with E-state index in [1.165, 1.54) is 13.2 Å². The molecule has 0 N–H and O–H groups in total. The molecule has 1 rings (SSSR count). The zero-order valence-electron chi connectivity index (χ0n) is 7.92. The van der Waals surface area contributed by atoms with Crippen molar-refractivity contribution in [2.75, 3.05) is 12.4 Å². The van der Waals surface area contributed by atoms with Gasteiger partial charge < -0.3 is 4.74 Å². The fourth-order valence-electron chi connectivity index (χ4n) is 1.21. The topological polar surface area (TPSA) is 43.4 Å². The van der Waals surface area contributed by atoms with Gasteiger partial charge in [0.2, 0.25) is 0 Å². The van der Waals surface area contributed by atoms with Crippen LogP contribution < -0.4 is 4.74 Å². The Labute approximate surface area is 94.4 Å². The maximum atomic E-state index is 13.2. The van der Waals surface area contributed by atoms with E-state index in [2.05, 4.69) is 15.9 Å². The SMILES string of the molecule is COc1ccc(F)c(C=O)c1C(=O)CBr. The molecule has 0 bridgehead atoms. The molecular weight excluding hydrogens is 267 g/mol. The fraction of sp³-hybridized carbons (Fsp3) is 0.200. The number of alkyl halides is 1. The second-order valence-corrected chi connectivity index (χ2v) is 3.27. The van der Waals surface area contributed by atoms with E-state index in [0.29, 0.717) is 6.29 Å². The van der Waals surface area contributed by atoms with Gasteiger partial charge in [0.25, 0.3) is 0 Å². The van der Waals surface area contributed by atoms with Crippen molar-refractivity contribution in [1.82, 2.24) is 0 Å². The lowest BCUT2D eigenvalue weighted by atomic mass is 10.0. The number of carbonyl (C=O) groups excluding carboxylic acids is 2. The smallest absolute Gasteiger partial charge is 0.177 e. The monoisotopic (exact) mass is 274 g/mol. The lowest BCUT2D eigenvalue weighted by Crippen LogP contribution is -2.09. The van der Waals surface area contributed by atoms with Crippen molar-refractivity contribution in [2.45, 2.75) is 0 Å². The first kappa shape index (κ1) is 11.8. The Balaban J connectivity index is 3.47. The lowest BCUT2D eigenvalue weighted by Gasteiger charge is -2.09. The van der Waals surface area contributed by atoms with Gasteiger partial charge in [-0.05, 0) is 12.1 Å². The minimum atomic E-state index is -0.727. The number of aldehydes is 1. The van der Waals surface area contributed by atoms with Crippen LogP contribution in [0.5, 0.6) is 5.75 Å². The van der Waals surface area contributed by atoms with Gasteiger partial charge >= 0.3 is 0 Å². The Kier molecular flexibility index (Phi) is 3.96. The van der Waals surface area contributed by atoms with Crippen LogP contribution in [0.3, 0.4) is 0 Å². The van der Waals surface area contributed by atoms with Crippen molar-refractivity contribution in [1.29, 1.82) is 0 Å². The number of Topliss-reactive ketones (excluding diaryl/α,β-unsaturated/α-hetero) is 1. The van der Waals surface area contributed by atoms with Gasteiger partial charge in [0, 0.05) is 0 Å². The second kappa shape index (κ2) is 5.02. The number of methoxy groups -OCH3 is 1. The Hall–Kier alpha value is -1.23. The third-order valence-corrected chi connectivity index (χ3v) is 2.40. The molecule has 0 spiro atoms. The normalized spacial score (nSPS) is 9.80. The van der Waals surface area contributed by atoms with Gasteiger partial charge in [0.15, 0.2) is 12.1 Å². The first-order valence-electron chi connectivity index (χ1n) is 4.06. The molecule has 5 heteroatoms. The predicted octanol–water partition coefficient (Wildman–Crippen LogP) is 2.22. The molecule has 0 saturated heterocycles. The third kappa shape index (κ3) is 2.23. The summed E-state index contributed by atoms with van der Waals surface area (Å²) in [5.74, 6) is -0.925. The average molecular weight is 275 g/mol. The minimum absolute atomic E-state index is 0.00759. The van der Waals surface area contributed by atoms with Gasteiger partial charge in [-0.1, -0.05) is 15.9 Å². The van der Waals surface area contributed by atoms with Crippen LogP contribution in [0.2, 0.25) is 0 Å². The van der Waals surface area contributed by atoms with Crippen molar-refractivity contribution in [3.05, 3.63) is 29.1 Å². The van der Waals surface area contributed by atoms with E-state index < -0.39 is 11.6 Å². The van der Waals surface area contributed by atoms with Crippen LogP contribution in [-0.4, -0.2) is 24.5 Å². The molecule has 0 fully saturated rings. The van der Waals surface area contributed by atoms with Crippen LogP contribution in [0, 0.1) is 5.82 Å². The zero-order valence-corrected chi connectivity index (χ0v) is 9.51. The van der Waals surface area contributed by atoms with Crippen LogP contribution in [0.4, 0.5) is 4.39 Å². The van der Waals surface area contributed by atoms with Gasteiger partial charge in [-0.15, -0.1) is 0 Å². The number of hydrogen-bond donors (Lipinski definition) is 0. The molecular formula is C10H8BrFO3. The summed E-state index contributed by atoms with van der Waals surface area (Å²) < 4.78 is 18.1. The van der Waals surface area contributed by atoms with E-state index in [4.69, 9.17) is 4.74 Å². The van der Waals surface area contributed by atoms with Gasteiger partial charge in [0.05, 0.1) is 23.6 Å². The predicted molar refractivity (Wildman–Crippen MR) is 56.5 cm³/mol. The highest BCUT2D eigenvalue weighted by Gasteiger charge is 2.19. The van der Waals surface area contributed by atoms with Crippen molar-refractivity contribution < 1.29 is 18.7 Å². The second-order valence-electron chi connectivity index (χ2n) is 2.71. The molecule has 15 heavy (non-hydrogen) atoms. The molecule has 0 radical (unpaired) electrons. The first-order valence-corrected chi connectivity index (χ1v) is 5.18. The van der Waals surface area contributed by atoms with Crippen molar-refractivity contribution in [2.24, 2.45) is 0 Å². The molecule has 0 aromatic heterocycles.